The molecule has 1 N–H and O–H groups in total. The van der Waals surface area contributed by atoms with Gasteiger partial charge in [-0.1, -0.05) is 16.8 Å². The van der Waals surface area contributed by atoms with E-state index in [2.05, 4.69) is 19.9 Å². The number of halogens is 1. The number of aromatic nitrogens is 2. The Kier molecular flexibility index (Phi) is 8.53. The molecule has 1 saturated heterocycles. The Labute approximate surface area is 254 Å². The summed E-state index contributed by atoms with van der Waals surface area (Å²) in [5, 5.41) is 15.6. The van der Waals surface area contributed by atoms with Gasteiger partial charge in [-0.3, -0.25) is 9.80 Å². The van der Waals surface area contributed by atoms with E-state index in [1.807, 2.05) is 54.6 Å². The first-order valence-electron chi connectivity index (χ1n) is 14.1. The van der Waals surface area contributed by atoms with Gasteiger partial charge in [0, 0.05) is 60.5 Å². The van der Waals surface area contributed by atoms with Crippen molar-refractivity contribution in [1.29, 1.82) is 0 Å². The van der Waals surface area contributed by atoms with Crippen LogP contribution in [-0.4, -0.2) is 77.8 Å². The molecule has 11 heteroatoms. The molecule has 2 atom stereocenters. The van der Waals surface area contributed by atoms with Gasteiger partial charge in [-0.2, -0.15) is 0 Å². The van der Waals surface area contributed by atoms with E-state index in [1.54, 1.807) is 33.3 Å². The fourth-order valence-electron chi connectivity index (χ4n) is 5.23. The minimum absolute atomic E-state index is 0.508. The van der Waals surface area contributed by atoms with E-state index in [9.17, 15) is 5.11 Å². The molecule has 2 aromatic heterocycles. The minimum atomic E-state index is -0.708. The van der Waals surface area contributed by atoms with Gasteiger partial charge in [-0.05, 0) is 55.5 Å². The Morgan fingerprint density at radius 2 is 1.70 bits per heavy atom. The van der Waals surface area contributed by atoms with Gasteiger partial charge < -0.3 is 28.3 Å². The van der Waals surface area contributed by atoms with Gasteiger partial charge in [-0.15, -0.1) is 0 Å². The summed E-state index contributed by atoms with van der Waals surface area (Å²) in [6.45, 7) is 5.36. The molecule has 1 aliphatic heterocycles. The number of benzene rings is 3. The van der Waals surface area contributed by atoms with Crippen molar-refractivity contribution in [3.05, 3.63) is 77.5 Å². The SMILES string of the molecule is COc1ccc(-c2cc(CN3CCN(C(Oc4ccc5oc(-c6ccc(Cl)cc6)nc5c4)[C@H](C)O)CC3)on2)c(OC)c1. The number of ether oxygens (including phenoxy) is 3. The summed E-state index contributed by atoms with van der Waals surface area (Å²) in [6.07, 6.45) is -1.22. The van der Waals surface area contributed by atoms with Gasteiger partial charge in [0.1, 0.15) is 34.6 Å². The Morgan fingerprint density at radius 3 is 2.42 bits per heavy atom. The molecular formula is C32H33ClN4O6. The molecule has 0 amide bonds. The second-order valence-corrected chi connectivity index (χ2v) is 10.9. The third-order valence-electron chi connectivity index (χ3n) is 7.51. The molecule has 0 spiro atoms. The van der Waals surface area contributed by atoms with Crippen LogP contribution in [0.5, 0.6) is 17.2 Å². The molecule has 0 aliphatic carbocycles. The van der Waals surface area contributed by atoms with Gasteiger partial charge in [0.05, 0.1) is 20.8 Å². The highest BCUT2D eigenvalue weighted by molar-refractivity contribution is 6.30. The van der Waals surface area contributed by atoms with E-state index >= 15 is 0 Å². The van der Waals surface area contributed by atoms with Gasteiger partial charge in [-0.25, -0.2) is 4.98 Å². The zero-order chi connectivity index (χ0) is 29.9. The first-order valence-corrected chi connectivity index (χ1v) is 14.4. The smallest absolute Gasteiger partial charge is 0.227 e. The monoisotopic (exact) mass is 604 g/mol. The van der Waals surface area contributed by atoms with E-state index < -0.39 is 12.3 Å². The number of oxazole rings is 1. The molecule has 6 rings (SSSR count). The molecule has 0 radical (unpaired) electrons. The van der Waals surface area contributed by atoms with Crippen LogP contribution in [0.3, 0.4) is 0 Å². The van der Waals surface area contributed by atoms with E-state index in [-0.39, 0.29) is 0 Å². The summed E-state index contributed by atoms with van der Waals surface area (Å²) in [7, 11) is 3.24. The number of nitrogens with zero attached hydrogens (tertiary/aromatic N) is 4. The minimum Gasteiger partial charge on any atom is -0.497 e. The average molecular weight is 605 g/mol. The maximum atomic E-state index is 10.6. The molecule has 0 saturated carbocycles. The lowest BCUT2D eigenvalue weighted by Crippen LogP contribution is -2.55. The first kappa shape index (κ1) is 29.0. The number of piperazine rings is 1. The highest BCUT2D eigenvalue weighted by atomic mass is 35.5. The summed E-state index contributed by atoms with van der Waals surface area (Å²) in [6, 6.07) is 20.4. The number of fused-ring (bicyclic) bond motifs is 1. The number of methoxy groups -OCH3 is 2. The van der Waals surface area contributed by atoms with Crippen LogP contribution in [-0.2, 0) is 6.54 Å². The van der Waals surface area contributed by atoms with Crippen LogP contribution in [0, 0.1) is 0 Å². The Morgan fingerprint density at radius 1 is 0.930 bits per heavy atom. The van der Waals surface area contributed by atoms with Crippen LogP contribution < -0.4 is 14.2 Å². The summed E-state index contributed by atoms with van der Waals surface area (Å²) >= 11 is 6.01. The first-order chi connectivity index (χ1) is 20.9. The second-order valence-electron chi connectivity index (χ2n) is 10.5. The van der Waals surface area contributed by atoms with Crippen LogP contribution in [0.25, 0.3) is 33.8 Å². The standard InChI is InChI=1S/C32H33ClN4O6/c1-20(38)32(41-24-9-11-29-28(16-24)34-31(42-29)21-4-6-22(33)7-5-21)37-14-12-36(13-15-37)19-25-17-27(35-43-25)26-10-8-23(39-2)18-30(26)40-3/h4-11,16-18,20,32,38H,12-15,19H2,1-3H3/t20-,32?/m0/s1. The number of aliphatic hydroxyl groups is 1. The van der Waals surface area contributed by atoms with Crippen molar-refractivity contribution in [2.24, 2.45) is 0 Å². The number of rotatable bonds is 10. The summed E-state index contributed by atoms with van der Waals surface area (Å²) in [5.41, 5.74) is 3.71. The summed E-state index contributed by atoms with van der Waals surface area (Å²) in [5.74, 6) is 3.27. The third-order valence-corrected chi connectivity index (χ3v) is 7.76. The van der Waals surface area contributed by atoms with Crippen LogP contribution >= 0.6 is 11.6 Å². The molecule has 1 aliphatic rings. The lowest BCUT2D eigenvalue weighted by molar-refractivity contribution is -0.0756. The van der Waals surface area contributed by atoms with Gasteiger partial charge >= 0.3 is 0 Å². The molecule has 1 unspecified atom stereocenters. The highest BCUT2D eigenvalue weighted by Crippen LogP contribution is 2.33. The normalized spacial score (nSPS) is 15.8. The molecule has 43 heavy (non-hydrogen) atoms. The predicted molar refractivity (Wildman–Crippen MR) is 162 cm³/mol. The van der Waals surface area contributed by atoms with E-state index in [4.69, 9.17) is 34.8 Å². The molecule has 1 fully saturated rings. The maximum absolute atomic E-state index is 10.6. The Balaban J connectivity index is 1.08. The van der Waals surface area contributed by atoms with Crippen molar-refractivity contribution < 1.29 is 28.3 Å². The third kappa shape index (κ3) is 6.47. The molecule has 3 heterocycles. The summed E-state index contributed by atoms with van der Waals surface area (Å²) in [4.78, 5) is 9.08. The zero-order valence-corrected chi connectivity index (χ0v) is 25.0. The van der Waals surface area contributed by atoms with Crippen LogP contribution in [0.15, 0.2) is 75.7 Å². The highest BCUT2D eigenvalue weighted by Gasteiger charge is 2.29. The Bertz CT molecular complexity index is 1680. The summed E-state index contributed by atoms with van der Waals surface area (Å²) < 4.78 is 28.7. The number of hydrogen-bond acceptors (Lipinski definition) is 10. The predicted octanol–water partition coefficient (Wildman–Crippen LogP) is 5.72. The lowest BCUT2D eigenvalue weighted by atomic mass is 10.1. The quantitative estimate of drug-likeness (QED) is 0.213. The van der Waals surface area contributed by atoms with Gasteiger partial charge in [0.15, 0.2) is 17.6 Å². The van der Waals surface area contributed by atoms with Gasteiger partial charge in [0.25, 0.3) is 0 Å². The topological polar surface area (TPSA) is 106 Å². The molecule has 0 bridgehead atoms. The number of hydrogen-bond donors (Lipinski definition) is 1. The van der Waals surface area contributed by atoms with Crippen molar-refractivity contribution in [1.82, 2.24) is 19.9 Å². The molecule has 224 valence electrons. The lowest BCUT2D eigenvalue weighted by Gasteiger charge is -2.39. The molecule has 5 aromatic rings. The Hall–Kier alpha value is -4.09. The fraction of sp³-hybridized carbons (Fsp3) is 0.312. The number of aliphatic hydroxyl groups excluding tert-OH is 1. The van der Waals surface area contributed by atoms with Gasteiger partial charge in [0.2, 0.25) is 5.89 Å². The van der Waals surface area contributed by atoms with Crippen molar-refractivity contribution in [3.8, 4) is 40.0 Å². The van der Waals surface area contributed by atoms with Crippen LogP contribution in [0.2, 0.25) is 5.02 Å². The van der Waals surface area contributed by atoms with Crippen molar-refractivity contribution in [2.45, 2.75) is 25.8 Å². The molecule has 10 nitrogen and oxygen atoms in total. The van der Waals surface area contributed by atoms with E-state index in [1.165, 1.54) is 0 Å². The molecule has 3 aromatic carbocycles. The van der Waals surface area contributed by atoms with Crippen LogP contribution in [0.4, 0.5) is 0 Å². The average Bonchev–Trinajstić information content (AvgIpc) is 3.67. The van der Waals surface area contributed by atoms with E-state index in [0.29, 0.717) is 51.5 Å². The fourth-order valence-corrected chi connectivity index (χ4v) is 5.36. The van der Waals surface area contributed by atoms with Crippen LogP contribution in [0.1, 0.15) is 12.7 Å². The van der Waals surface area contributed by atoms with Crippen molar-refractivity contribution in [2.75, 3.05) is 40.4 Å². The van der Waals surface area contributed by atoms with E-state index in [0.717, 1.165) is 43.1 Å². The zero-order valence-electron chi connectivity index (χ0n) is 24.2. The maximum Gasteiger partial charge on any atom is 0.227 e. The largest absolute Gasteiger partial charge is 0.497 e. The second kappa shape index (κ2) is 12.6. The molecular weight excluding hydrogens is 572 g/mol. The van der Waals surface area contributed by atoms with Crippen molar-refractivity contribution >= 4 is 22.7 Å². The van der Waals surface area contributed by atoms with Crippen molar-refractivity contribution in [3.63, 3.8) is 0 Å².